The second-order valence-corrected chi connectivity index (χ2v) is 4.75. The molecule has 3 nitrogen and oxygen atoms in total. The molecule has 0 N–H and O–H groups in total. The molecule has 2 unspecified atom stereocenters. The third-order valence-electron chi connectivity index (χ3n) is 2.59. The molecule has 1 aliphatic rings. The first kappa shape index (κ1) is 10.5. The van der Waals surface area contributed by atoms with Crippen LogP contribution in [0.5, 0.6) is 0 Å². The van der Waals surface area contributed by atoms with Crippen molar-refractivity contribution in [2.45, 2.75) is 39.9 Å². The van der Waals surface area contributed by atoms with Gasteiger partial charge in [-0.05, 0) is 19.4 Å². The summed E-state index contributed by atoms with van der Waals surface area (Å²) in [5, 5.41) is 0. The number of likely N-dealkylation sites (N-methyl/N-ethyl adjacent to an activating group) is 1. The lowest BCUT2D eigenvalue weighted by Gasteiger charge is -2.31. The van der Waals surface area contributed by atoms with Crippen LogP contribution in [-0.2, 0) is 4.74 Å². The summed E-state index contributed by atoms with van der Waals surface area (Å²) in [7, 11) is 3.78. The topological polar surface area (TPSA) is 24.8 Å². The fourth-order valence-corrected chi connectivity index (χ4v) is 1.73. The number of nitrogens with zero attached hydrogens (tertiary/aromatic N) is 2. The van der Waals surface area contributed by atoms with E-state index in [0.717, 1.165) is 5.90 Å². The first-order valence-corrected chi connectivity index (χ1v) is 4.71. The summed E-state index contributed by atoms with van der Waals surface area (Å²) in [5.74, 6) is 0.849. The Kier molecular flexibility index (Phi) is 2.66. The summed E-state index contributed by atoms with van der Waals surface area (Å²) in [4.78, 5) is 6.81. The Bertz CT molecular complexity index is 217. The van der Waals surface area contributed by atoms with Gasteiger partial charge in [-0.2, -0.15) is 0 Å². The molecule has 0 amide bonds. The summed E-state index contributed by atoms with van der Waals surface area (Å²) < 4.78 is 5.23. The fourth-order valence-electron chi connectivity index (χ4n) is 1.73. The highest BCUT2D eigenvalue weighted by atomic mass is 16.5. The Labute approximate surface area is 80.8 Å². The van der Waals surface area contributed by atoms with Gasteiger partial charge in [0.15, 0.2) is 0 Å². The van der Waals surface area contributed by atoms with Crippen molar-refractivity contribution in [2.24, 2.45) is 10.4 Å². The second kappa shape index (κ2) is 3.29. The molecule has 0 radical (unpaired) electrons. The van der Waals surface area contributed by atoms with Crippen LogP contribution in [0.2, 0.25) is 0 Å². The second-order valence-electron chi connectivity index (χ2n) is 4.75. The molecule has 3 heteroatoms. The molecule has 0 saturated carbocycles. The predicted octanol–water partition coefficient (Wildman–Crippen LogP) is 1.74. The van der Waals surface area contributed by atoms with E-state index in [0.29, 0.717) is 6.04 Å². The van der Waals surface area contributed by atoms with Crippen molar-refractivity contribution in [3.05, 3.63) is 0 Å². The number of methoxy groups -OCH3 is 1. The highest BCUT2D eigenvalue weighted by molar-refractivity contribution is 5.83. The summed E-state index contributed by atoms with van der Waals surface area (Å²) in [6, 6.07) is 0.300. The van der Waals surface area contributed by atoms with Crippen LogP contribution < -0.4 is 0 Å². The predicted molar refractivity (Wildman–Crippen MR) is 54.9 cm³/mol. The number of ether oxygens (including phenoxy) is 1. The molecule has 0 bridgehead atoms. The summed E-state index contributed by atoms with van der Waals surface area (Å²) in [6.07, 6.45) is 0.234. The van der Waals surface area contributed by atoms with E-state index < -0.39 is 0 Å². The maximum absolute atomic E-state index is 5.23. The minimum Gasteiger partial charge on any atom is -0.483 e. The molecule has 1 rings (SSSR count). The van der Waals surface area contributed by atoms with Gasteiger partial charge in [0.25, 0.3) is 0 Å². The zero-order valence-corrected chi connectivity index (χ0v) is 9.46. The number of aliphatic imine (C=N–C) groups is 1. The summed E-state index contributed by atoms with van der Waals surface area (Å²) in [5.41, 5.74) is 0.170. The molecule has 1 heterocycles. The SMILES string of the molecule is COC1=NC(C(C)(C)C)N(C)C1C. The molecule has 0 aromatic heterocycles. The van der Waals surface area contributed by atoms with Gasteiger partial charge in [-0.15, -0.1) is 0 Å². The van der Waals surface area contributed by atoms with Crippen molar-refractivity contribution in [1.29, 1.82) is 0 Å². The van der Waals surface area contributed by atoms with E-state index in [1.165, 1.54) is 0 Å². The zero-order chi connectivity index (χ0) is 10.2. The van der Waals surface area contributed by atoms with E-state index in [4.69, 9.17) is 4.74 Å². The van der Waals surface area contributed by atoms with Gasteiger partial charge in [-0.1, -0.05) is 20.8 Å². The lowest BCUT2D eigenvalue weighted by molar-refractivity contribution is 0.138. The molecule has 2 atom stereocenters. The highest BCUT2D eigenvalue weighted by Gasteiger charge is 2.38. The van der Waals surface area contributed by atoms with Crippen LogP contribution in [0.25, 0.3) is 0 Å². The minimum absolute atomic E-state index is 0.170. The van der Waals surface area contributed by atoms with Crippen molar-refractivity contribution in [2.75, 3.05) is 14.2 Å². The van der Waals surface area contributed by atoms with E-state index in [-0.39, 0.29) is 11.6 Å². The van der Waals surface area contributed by atoms with Gasteiger partial charge in [0.05, 0.1) is 13.2 Å². The van der Waals surface area contributed by atoms with Gasteiger partial charge in [-0.25, -0.2) is 4.99 Å². The van der Waals surface area contributed by atoms with Gasteiger partial charge in [0, 0.05) is 0 Å². The van der Waals surface area contributed by atoms with Crippen molar-refractivity contribution < 1.29 is 4.74 Å². The standard InChI is InChI=1S/C10H20N2O/c1-7-8(13-6)11-9(12(7)5)10(2,3)4/h7,9H,1-6H3. The van der Waals surface area contributed by atoms with Crippen LogP contribution in [-0.4, -0.2) is 37.2 Å². The van der Waals surface area contributed by atoms with Crippen LogP contribution in [0.3, 0.4) is 0 Å². The Balaban J connectivity index is 2.86. The van der Waals surface area contributed by atoms with E-state index in [1.807, 2.05) is 0 Å². The minimum atomic E-state index is 0.170. The molecule has 1 aliphatic heterocycles. The Morgan fingerprint density at radius 3 is 2.15 bits per heavy atom. The first-order valence-electron chi connectivity index (χ1n) is 4.71. The van der Waals surface area contributed by atoms with Crippen LogP contribution in [0, 0.1) is 5.41 Å². The Morgan fingerprint density at radius 1 is 1.38 bits per heavy atom. The molecular formula is C10H20N2O. The molecule has 0 fully saturated rings. The molecule has 13 heavy (non-hydrogen) atoms. The molecular weight excluding hydrogens is 164 g/mol. The zero-order valence-electron chi connectivity index (χ0n) is 9.46. The van der Waals surface area contributed by atoms with Gasteiger partial charge < -0.3 is 4.74 Å². The Morgan fingerprint density at radius 2 is 1.92 bits per heavy atom. The maximum Gasteiger partial charge on any atom is 0.202 e. The fraction of sp³-hybridized carbons (Fsp3) is 0.900. The molecule has 76 valence electrons. The van der Waals surface area contributed by atoms with E-state index in [9.17, 15) is 0 Å². The molecule has 0 aliphatic carbocycles. The molecule has 0 saturated heterocycles. The molecule has 0 aromatic rings. The van der Waals surface area contributed by atoms with Gasteiger partial charge in [0.2, 0.25) is 5.90 Å². The van der Waals surface area contributed by atoms with Gasteiger partial charge >= 0.3 is 0 Å². The van der Waals surface area contributed by atoms with Crippen molar-refractivity contribution in [1.82, 2.24) is 4.90 Å². The lowest BCUT2D eigenvalue weighted by atomic mass is 9.92. The third-order valence-corrected chi connectivity index (χ3v) is 2.59. The summed E-state index contributed by atoms with van der Waals surface area (Å²) >= 11 is 0. The average Bonchev–Trinajstić information content (AvgIpc) is 2.28. The lowest BCUT2D eigenvalue weighted by Crippen LogP contribution is -2.41. The van der Waals surface area contributed by atoms with E-state index >= 15 is 0 Å². The van der Waals surface area contributed by atoms with Crippen molar-refractivity contribution in [3.63, 3.8) is 0 Å². The summed E-state index contributed by atoms with van der Waals surface area (Å²) in [6.45, 7) is 8.71. The van der Waals surface area contributed by atoms with Gasteiger partial charge in [0.1, 0.15) is 6.17 Å². The molecule has 0 spiro atoms. The van der Waals surface area contributed by atoms with Crippen molar-refractivity contribution in [3.8, 4) is 0 Å². The van der Waals surface area contributed by atoms with E-state index in [2.05, 4.69) is 44.6 Å². The van der Waals surface area contributed by atoms with Crippen LogP contribution in [0.4, 0.5) is 0 Å². The average molecular weight is 184 g/mol. The van der Waals surface area contributed by atoms with Crippen molar-refractivity contribution >= 4 is 5.90 Å². The Hall–Kier alpha value is -0.570. The normalized spacial score (nSPS) is 30.5. The number of hydrogen-bond donors (Lipinski definition) is 0. The quantitative estimate of drug-likeness (QED) is 0.573. The van der Waals surface area contributed by atoms with Crippen LogP contribution >= 0.6 is 0 Å². The number of rotatable bonds is 0. The third kappa shape index (κ3) is 1.85. The molecule has 0 aromatic carbocycles. The maximum atomic E-state index is 5.23. The smallest absolute Gasteiger partial charge is 0.202 e. The van der Waals surface area contributed by atoms with E-state index in [1.54, 1.807) is 7.11 Å². The largest absolute Gasteiger partial charge is 0.483 e. The van der Waals surface area contributed by atoms with Crippen LogP contribution in [0.1, 0.15) is 27.7 Å². The first-order chi connectivity index (χ1) is 5.88. The highest BCUT2D eigenvalue weighted by Crippen LogP contribution is 2.30. The van der Waals surface area contributed by atoms with Gasteiger partial charge in [-0.3, -0.25) is 4.90 Å². The monoisotopic (exact) mass is 184 g/mol. The number of hydrogen-bond acceptors (Lipinski definition) is 3. The van der Waals surface area contributed by atoms with Crippen LogP contribution in [0.15, 0.2) is 4.99 Å².